The lowest BCUT2D eigenvalue weighted by Crippen LogP contribution is -2.00. The minimum atomic E-state index is -1.08. The van der Waals surface area contributed by atoms with Crippen molar-refractivity contribution < 1.29 is 8.73 Å². The Hall–Kier alpha value is -0.840. The van der Waals surface area contributed by atoms with Crippen LogP contribution in [0.4, 0.5) is 5.82 Å². The molecule has 1 aromatic rings. The molecule has 1 N–H and O–H groups in total. The first-order valence-corrected chi connectivity index (χ1v) is 4.27. The van der Waals surface area contributed by atoms with Gasteiger partial charge in [0.15, 0.2) is 5.82 Å². The van der Waals surface area contributed by atoms with Crippen molar-refractivity contribution in [3.8, 4) is 0 Å². The van der Waals surface area contributed by atoms with Gasteiger partial charge in [-0.3, -0.25) is 4.72 Å². The summed E-state index contributed by atoms with van der Waals surface area (Å²) >= 11 is 0. The van der Waals surface area contributed by atoms with Gasteiger partial charge in [-0.05, 0) is 6.92 Å². The van der Waals surface area contributed by atoms with Crippen molar-refractivity contribution >= 4 is 16.8 Å². The fourth-order valence-corrected chi connectivity index (χ4v) is 0.952. The van der Waals surface area contributed by atoms with Crippen molar-refractivity contribution in [3.05, 3.63) is 11.8 Å². The highest BCUT2D eigenvalue weighted by Gasteiger charge is 1.98. The van der Waals surface area contributed by atoms with Crippen LogP contribution in [-0.4, -0.2) is 15.6 Å². The van der Waals surface area contributed by atoms with Gasteiger partial charge in [-0.25, -0.2) is 4.21 Å². The molecule has 0 amide bonds. The third kappa shape index (κ3) is 1.84. The third-order valence-electron chi connectivity index (χ3n) is 0.876. The second kappa shape index (κ2) is 2.83. The molecule has 0 aliphatic rings. The van der Waals surface area contributed by atoms with Crippen molar-refractivity contribution in [1.82, 2.24) is 5.16 Å². The molecule has 1 unspecified atom stereocenters. The minimum Gasteiger partial charge on any atom is -0.360 e. The lowest BCUT2D eigenvalue weighted by atomic mass is 10.5. The van der Waals surface area contributed by atoms with E-state index in [0.717, 1.165) is 0 Å². The van der Waals surface area contributed by atoms with Crippen molar-refractivity contribution in [2.45, 2.75) is 6.92 Å². The van der Waals surface area contributed by atoms with E-state index < -0.39 is 11.0 Å². The van der Waals surface area contributed by atoms with E-state index in [4.69, 9.17) is 4.52 Å². The van der Waals surface area contributed by atoms with Crippen LogP contribution in [-0.2, 0) is 11.0 Å². The SMILES string of the molecule is Cc1cc(NS(C)=O)no1. The molecular weight excluding hydrogens is 152 g/mol. The number of rotatable bonds is 2. The van der Waals surface area contributed by atoms with Crippen LogP contribution in [0.25, 0.3) is 0 Å². The average molecular weight is 160 g/mol. The molecule has 0 radical (unpaired) electrons. The lowest BCUT2D eigenvalue weighted by molar-refractivity contribution is 0.400. The van der Waals surface area contributed by atoms with Gasteiger partial charge in [0.2, 0.25) is 0 Å². The molecule has 0 saturated carbocycles. The van der Waals surface area contributed by atoms with Gasteiger partial charge in [-0.15, -0.1) is 0 Å². The fourth-order valence-electron chi connectivity index (χ4n) is 0.562. The summed E-state index contributed by atoms with van der Waals surface area (Å²) in [4.78, 5) is 0. The predicted molar refractivity (Wildman–Crippen MR) is 38.9 cm³/mol. The zero-order chi connectivity index (χ0) is 7.56. The van der Waals surface area contributed by atoms with Crippen molar-refractivity contribution in [2.24, 2.45) is 0 Å². The van der Waals surface area contributed by atoms with Crippen LogP contribution in [0, 0.1) is 6.92 Å². The topological polar surface area (TPSA) is 55.1 Å². The number of anilines is 1. The van der Waals surface area contributed by atoms with Gasteiger partial charge in [0.05, 0.1) is 0 Å². The Morgan fingerprint density at radius 3 is 2.90 bits per heavy atom. The van der Waals surface area contributed by atoms with Gasteiger partial charge >= 0.3 is 0 Å². The maximum atomic E-state index is 10.5. The van der Waals surface area contributed by atoms with Gasteiger partial charge in [0.25, 0.3) is 0 Å². The molecule has 1 rings (SSSR count). The summed E-state index contributed by atoms with van der Waals surface area (Å²) in [6.45, 7) is 1.77. The summed E-state index contributed by atoms with van der Waals surface area (Å²) < 4.78 is 17.9. The molecule has 0 aliphatic heterocycles. The zero-order valence-corrected chi connectivity index (χ0v) is 6.57. The number of hydrogen-bond acceptors (Lipinski definition) is 3. The van der Waals surface area contributed by atoms with Crippen LogP contribution in [0.15, 0.2) is 10.6 Å². The van der Waals surface area contributed by atoms with Crippen LogP contribution >= 0.6 is 0 Å². The third-order valence-corrected chi connectivity index (χ3v) is 1.37. The number of aromatic nitrogens is 1. The summed E-state index contributed by atoms with van der Waals surface area (Å²) in [6, 6.07) is 1.68. The lowest BCUT2D eigenvalue weighted by Gasteiger charge is -1.91. The van der Waals surface area contributed by atoms with Crippen LogP contribution in [0.5, 0.6) is 0 Å². The average Bonchev–Trinajstić information content (AvgIpc) is 2.13. The quantitative estimate of drug-likeness (QED) is 0.692. The molecule has 0 aliphatic carbocycles. The summed E-state index contributed by atoms with van der Waals surface area (Å²) in [6.07, 6.45) is 1.53. The van der Waals surface area contributed by atoms with E-state index in [1.54, 1.807) is 13.0 Å². The molecule has 5 heteroatoms. The van der Waals surface area contributed by atoms with E-state index in [-0.39, 0.29) is 0 Å². The Morgan fingerprint density at radius 1 is 1.80 bits per heavy atom. The van der Waals surface area contributed by atoms with E-state index in [9.17, 15) is 4.21 Å². The van der Waals surface area contributed by atoms with Crippen LogP contribution < -0.4 is 4.72 Å². The van der Waals surface area contributed by atoms with Crippen molar-refractivity contribution in [3.63, 3.8) is 0 Å². The molecule has 4 nitrogen and oxygen atoms in total. The predicted octanol–water partition coefficient (Wildman–Crippen LogP) is 0.688. The molecule has 0 fully saturated rings. The van der Waals surface area contributed by atoms with E-state index in [1.807, 2.05) is 0 Å². The molecule has 1 atom stereocenters. The Morgan fingerprint density at radius 2 is 2.50 bits per heavy atom. The largest absolute Gasteiger partial charge is 0.360 e. The highest BCUT2D eigenvalue weighted by molar-refractivity contribution is 7.85. The van der Waals surface area contributed by atoms with E-state index >= 15 is 0 Å². The summed E-state index contributed by atoms with van der Waals surface area (Å²) in [7, 11) is -1.08. The summed E-state index contributed by atoms with van der Waals surface area (Å²) in [5, 5.41) is 3.58. The van der Waals surface area contributed by atoms with Gasteiger partial charge in [0.1, 0.15) is 16.7 Å². The zero-order valence-electron chi connectivity index (χ0n) is 5.75. The first-order valence-electron chi connectivity index (χ1n) is 2.72. The number of aryl methyl sites for hydroxylation is 1. The Kier molecular flexibility index (Phi) is 2.06. The molecule has 1 aromatic heterocycles. The fraction of sp³-hybridized carbons (Fsp3) is 0.400. The van der Waals surface area contributed by atoms with Gasteiger partial charge in [0, 0.05) is 12.3 Å². The van der Waals surface area contributed by atoms with E-state index in [0.29, 0.717) is 11.6 Å². The smallest absolute Gasteiger partial charge is 0.181 e. The molecular formula is C5H8N2O2S. The summed E-state index contributed by atoms with van der Waals surface area (Å²) in [5.41, 5.74) is 0. The molecule has 56 valence electrons. The Bertz CT molecular complexity index is 246. The monoisotopic (exact) mass is 160 g/mol. The van der Waals surface area contributed by atoms with Crippen molar-refractivity contribution in [1.29, 1.82) is 0 Å². The van der Waals surface area contributed by atoms with Gasteiger partial charge in [-0.2, -0.15) is 0 Å². The number of hydrogen-bond donors (Lipinski definition) is 1. The van der Waals surface area contributed by atoms with Gasteiger partial charge in [-0.1, -0.05) is 5.16 Å². The van der Waals surface area contributed by atoms with Gasteiger partial charge < -0.3 is 4.52 Å². The first kappa shape index (κ1) is 7.27. The molecule has 1 heterocycles. The summed E-state index contributed by atoms with van der Waals surface area (Å²) in [5.74, 6) is 1.21. The first-order chi connectivity index (χ1) is 4.68. The number of nitrogens with zero attached hydrogens (tertiary/aromatic N) is 1. The molecule has 0 aromatic carbocycles. The van der Waals surface area contributed by atoms with Crippen LogP contribution in [0.1, 0.15) is 5.76 Å². The Balaban J connectivity index is 2.67. The highest BCUT2D eigenvalue weighted by Crippen LogP contribution is 2.06. The second-order valence-corrected chi connectivity index (χ2v) is 2.99. The van der Waals surface area contributed by atoms with Crippen LogP contribution in [0.2, 0.25) is 0 Å². The van der Waals surface area contributed by atoms with E-state index in [1.165, 1.54) is 6.26 Å². The molecule has 0 spiro atoms. The maximum absolute atomic E-state index is 10.5. The highest BCUT2D eigenvalue weighted by atomic mass is 32.2. The second-order valence-electron chi connectivity index (χ2n) is 1.88. The number of nitrogens with one attached hydrogen (secondary N) is 1. The normalized spacial score (nSPS) is 13.0. The Labute approximate surface area is 61.2 Å². The molecule has 0 saturated heterocycles. The minimum absolute atomic E-state index is 0.512. The van der Waals surface area contributed by atoms with E-state index in [2.05, 4.69) is 9.88 Å². The van der Waals surface area contributed by atoms with Crippen LogP contribution in [0.3, 0.4) is 0 Å². The molecule has 0 bridgehead atoms. The maximum Gasteiger partial charge on any atom is 0.181 e. The molecule has 10 heavy (non-hydrogen) atoms. The standard InChI is InChI=1S/C5H8N2O2S/c1-4-3-5(6-9-4)7-10(2)8/h3H,1-2H3,(H,6,7). The van der Waals surface area contributed by atoms with Crippen molar-refractivity contribution in [2.75, 3.05) is 11.0 Å².